The van der Waals surface area contributed by atoms with E-state index in [0.29, 0.717) is 16.9 Å². The van der Waals surface area contributed by atoms with E-state index in [2.05, 4.69) is 11.8 Å². The van der Waals surface area contributed by atoms with Crippen LogP contribution in [0.4, 0.5) is 0 Å². The number of ether oxygens (including phenoxy) is 1. The number of hydrogen-bond acceptors (Lipinski definition) is 2. The second-order valence-corrected chi connectivity index (χ2v) is 3.69. The third-order valence-electron chi connectivity index (χ3n) is 2.50. The average Bonchev–Trinajstić information content (AvgIpc) is 2.45. The minimum absolute atomic E-state index is 0.569. The number of rotatable bonds is 2. The quantitative estimate of drug-likeness (QED) is 0.592. The summed E-state index contributed by atoms with van der Waals surface area (Å²) in [6, 6.07) is 14.9. The first-order valence-corrected chi connectivity index (χ1v) is 5.54. The maximum Gasteiger partial charge on any atom is 0.151 e. The lowest BCUT2D eigenvalue weighted by Crippen LogP contribution is -1.90. The second-order valence-electron chi connectivity index (χ2n) is 3.69. The smallest absolute Gasteiger partial charge is 0.151 e. The molecule has 0 atom stereocenters. The molecular weight excluding hydrogens is 224 g/mol. The molecule has 2 aromatic rings. The Bertz CT molecular complexity index is 604. The zero-order chi connectivity index (χ0) is 12.8. The summed E-state index contributed by atoms with van der Waals surface area (Å²) in [5.41, 5.74) is 2.16. The molecule has 0 unspecified atom stereocenters. The van der Waals surface area contributed by atoms with Crippen LogP contribution in [-0.4, -0.2) is 13.4 Å². The van der Waals surface area contributed by atoms with Gasteiger partial charge in [-0.15, -0.1) is 0 Å². The molecule has 0 saturated heterocycles. The third-order valence-corrected chi connectivity index (χ3v) is 2.50. The Morgan fingerprint density at radius 3 is 2.50 bits per heavy atom. The van der Waals surface area contributed by atoms with Gasteiger partial charge >= 0.3 is 0 Å². The van der Waals surface area contributed by atoms with Gasteiger partial charge in [-0.25, -0.2) is 0 Å². The molecule has 0 saturated carbocycles. The lowest BCUT2D eigenvalue weighted by molar-refractivity contribution is 0.112. The van der Waals surface area contributed by atoms with Crippen molar-refractivity contribution in [1.82, 2.24) is 0 Å². The Labute approximate surface area is 106 Å². The van der Waals surface area contributed by atoms with Gasteiger partial charge in [0.2, 0.25) is 0 Å². The first-order valence-electron chi connectivity index (χ1n) is 5.54. The molecule has 0 N–H and O–H groups in total. The van der Waals surface area contributed by atoms with E-state index in [9.17, 15) is 4.79 Å². The predicted molar refractivity (Wildman–Crippen MR) is 70.8 cm³/mol. The van der Waals surface area contributed by atoms with E-state index in [-0.39, 0.29) is 0 Å². The summed E-state index contributed by atoms with van der Waals surface area (Å²) >= 11 is 0. The SMILES string of the molecule is COc1ccc(C=O)c(C#Cc2ccccc2)c1. The van der Waals surface area contributed by atoms with Crippen molar-refractivity contribution < 1.29 is 9.53 Å². The number of carbonyl (C=O) groups excluding carboxylic acids is 1. The van der Waals surface area contributed by atoms with Gasteiger partial charge in [-0.3, -0.25) is 4.79 Å². The lowest BCUT2D eigenvalue weighted by Gasteiger charge is -2.01. The fraction of sp³-hybridized carbons (Fsp3) is 0.0625. The molecule has 2 nitrogen and oxygen atoms in total. The number of carbonyl (C=O) groups is 1. The monoisotopic (exact) mass is 236 g/mol. The van der Waals surface area contributed by atoms with Crippen molar-refractivity contribution in [3.8, 4) is 17.6 Å². The zero-order valence-electron chi connectivity index (χ0n) is 10.0. The van der Waals surface area contributed by atoms with Gasteiger partial charge in [-0.05, 0) is 30.3 Å². The van der Waals surface area contributed by atoms with Gasteiger partial charge in [0, 0.05) is 16.7 Å². The molecular formula is C16H12O2. The molecule has 0 heterocycles. The van der Waals surface area contributed by atoms with E-state index < -0.39 is 0 Å². The van der Waals surface area contributed by atoms with Crippen LogP contribution in [-0.2, 0) is 0 Å². The largest absolute Gasteiger partial charge is 0.497 e. The van der Waals surface area contributed by atoms with Crippen molar-refractivity contribution in [2.75, 3.05) is 7.11 Å². The Kier molecular flexibility index (Phi) is 3.78. The van der Waals surface area contributed by atoms with E-state index in [1.54, 1.807) is 25.3 Å². The molecule has 0 spiro atoms. The number of hydrogen-bond donors (Lipinski definition) is 0. The lowest BCUT2D eigenvalue weighted by atomic mass is 10.1. The van der Waals surface area contributed by atoms with Gasteiger partial charge in [0.15, 0.2) is 6.29 Å². The number of methoxy groups -OCH3 is 1. The highest BCUT2D eigenvalue weighted by molar-refractivity contribution is 5.80. The molecule has 2 rings (SSSR count). The van der Waals surface area contributed by atoms with Crippen LogP contribution in [0.15, 0.2) is 48.5 Å². The molecule has 88 valence electrons. The summed E-state index contributed by atoms with van der Waals surface area (Å²) in [6.45, 7) is 0. The summed E-state index contributed by atoms with van der Waals surface area (Å²) in [5.74, 6) is 6.71. The van der Waals surface area contributed by atoms with Gasteiger partial charge in [0.1, 0.15) is 5.75 Å². The van der Waals surface area contributed by atoms with Gasteiger partial charge in [-0.2, -0.15) is 0 Å². The molecule has 0 aliphatic heterocycles. The molecule has 0 aromatic heterocycles. The fourth-order valence-electron chi connectivity index (χ4n) is 1.53. The molecule has 18 heavy (non-hydrogen) atoms. The zero-order valence-corrected chi connectivity index (χ0v) is 10.0. The van der Waals surface area contributed by atoms with Gasteiger partial charge in [0.05, 0.1) is 7.11 Å². The Balaban J connectivity index is 2.39. The molecule has 2 heteroatoms. The normalized spacial score (nSPS) is 9.17. The van der Waals surface area contributed by atoms with Crippen molar-refractivity contribution in [3.63, 3.8) is 0 Å². The minimum Gasteiger partial charge on any atom is -0.497 e. The van der Waals surface area contributed by atoms with Crippen molar-refractivity contribution in [3.05, 3.63) is 65.2 Å². The van der Waals surface area contributed by atoms with E-state index in [4.69, 9.17) is 4.74 Å². The van der Waals surface area contributed by atoms with Crippen LogP contribution in [0.3, 0.4) is 0 Å². The summed E-state index contributed by atoms with van der Waals surface area (Å²) in [6.07, 6.45) is 0.800. The van der Waals surface area contributed by atoms with Crippen LogP contribution in [0.1, 0.15) is 21.5 Å². The topological polar surface area (TPSA) is 26.3 Å². The highest BCUT2D eigenvalue weighted by Gasteiger charge is 2.00. The standard InChI is InChI=1S/C16H12O2/c1-18-16-10-9-15(12-17)14(11-16)8-7-13-5-3-2-4-6-13/h2-6,9-12H,1H3. The van der Waals surface area contributed by atoms with E-state index in [1.165, 1.54) is 0 Å². The van der Waals surface area contributed by atoms with Crippen molar-refractivity contribution in [1.29, 1.82) is 0 Å². The van der Waals surface area contributed by atoms with Crippen LogP contribution in [0.25, 0.3) is 0 Å². The summed E-state index contributed by atoms with van der Waals surface area (Å²) in [4.78, 5) is 10.9. The third kappa shape index (κ3) is 2.78. The average molecular weight is 236 g/mol. The minimum atomic E-state index is 0.569. The van der Waals surface area contributed by atoms with E-state index in [1.807, 2.05) is 30.3 Å². The predicted octanol–water partition coefficient (Wildman–Crippen LogP) is 2.91. The molecule has 0 radical (unpaired) electrons. The van der Waals surface area contributed by atoms with Gasteiger partial charge < -0.3 is 4.74 Å². The molecule has 0 fully saturated rings. The van der Waals surface area contributed by atoms with Crippen molar-refractivity contribution in [2.45, 2.75) is 0 Å². The van der Waals surface area contributed by atoms with Gasteiger partial charge in [-0.1, -0.05) is 30.0 Å². The molecule has 0 aliphatic carbocycles. The number of aldehydes is 1. The molecule has 0 aliphatic rings. The maximum atomic E-state index is 10.9. The maximum absolute atomic E-state index is 10.9. The summed E-state index contributed by atoms with van der Waals surface area (Å²) in [7, 11) is 1.59. The van der Waals surface area contributed by atoms with Crippen LogP contribution < -0.4 is 4.74 Å². The van der Waals surface area contributed by atoms with Gasteiger partial charge in [0.25, 0.3) is 0 Å². The highest BCUT2D eigenvalue weighted by atomic mass is 16.5. The first-order chi connectivity index (χ1) is 8.83. The van der Waals surface area contributed by atoms with Crippen LogP contribution >= 0.6 is 0 Å². The molecule has 2 aromatic carbocycles. The van der Waals surface area contributed by atoms with Crippen molar-refractivity contribution in [2.24, 2.45) is 0 Å². The number of benzene rings is 2. The summed E-state index contributed by atoms with van der Waals surface area (Å²) < 4.78 is 5.12. The van der Waals surface area contributed by atoms with E-state index in [0.717, 1.165) is 11.8 Å². The van der Waals surface area contributed by atoms with Crippen molar-refractivity contribution >= 4 is 6.29 Å². The Morgan fingerprint density at radius 1 is 1.06 bits per heavy atom. The Hall–Kier alpha value is -2.53. The van der Waals surface area contributed by atoms with Crippen LogP contribution in [0.2, 0.25) is 0 Å². The summed E-state index contributed by atoms with van der Waals surface area (Å²) in [5, 5.41) is 0. The van der Waals surface area contributed by atoms with E-state index >= 15 is 0 Å². The fourth-order valence-corrected chi connectivity index (χ4v) is 1.53. The van der Waals surface area contributed by atoms with Crippen LogP contribution in [0, 0.1) is 11.8 Å². The second kappa shape index (κ2) is 5.70. The Morgan fingerprint density at radius 2 is 1.83 bits per heavy atom. The molecule has 0 bridgehead atoms. The van der Waals surface area contributed by atoms with Crippen LogP contribution in [0.5, 0.6) is 5.75 Å². The first kappa shape index (κ1) is 11.9. The molecule has 0 amide bonds. The highest BCUT2D eigenvalue weighted by Crippen LogP contribution is 2.15.